The molecule has 0 aromatic heterocycles. The lowest BCUT2D eigenvalue weighted by atomic mass is 10.0. The number of carboxylic acid groups (broad SMARTS) is 1. The highest BCUT2D eigenvalue weighted by atomic mass is 35.5. The fourth-order valence-corrected chi connectivity index (χ4v) is 2.59. The highest BCUT2D eigenvalue weighted by Crippen LogP contribution is 2.17. The molecule has 0 spiro atoms. The minimum atomic E-state index is -0.696. The van der Waals surface area contributed by atoms with Crippen molar-refractivity contribution in [1.29, 1.82) is 0 Å². The highest BCUT2D eigenvalue weighted by molar-refractivity contribution is 5.85. The van der Waals surface area contributed by atoms with Crippen LogP contribution in [0.25, 0.3) is 0 Å². The van der Waals surface area contributed by atoms with Gasteiger partial charge in [0.05, 0.1) is 0 Å². The maximum atomic E-state index is 11.2. The van der Waals surface area contributed by atoms with Crippen molar-refractivity contribution in [3.8, 4) is 0 Å². The van der Waals surface area contributed by atoms with E-state index in [4.69, 9.17) is 0 Å². The molecule has 1 heterocycles. The Bertz CT molecular complexity index is 382. The summed E-state index contributed by atoms with van der Waals surface area (Å²) in [4.78, 5) is 13.3. The van der Waals surface area contributed by atoms with Crippen molar-refractivity contribution in [3.05, 3.63) is 35.4 Å². The van der Waals surface area contributed by atoms with Gasteiger partial charge in [-0.05, 0) is 30.4 Å². The maximum Gasteiger partial charge on any atom is 0.320 e. The quantitative estimate of drug-likeness (QED) is 0.916. The number of carbonyl (C=O) groups is 1. The van der Waals surface area contributed by atoms with Crippen LogP contribution in [0.4, 0.5) is 0 Å². The molecule has 4 heteroatoms. The first-order valence-electron chi connectivity index (χ1n) is 6.26. The van der Waals surface area contributed by atoms with Crippen LogP contribution in [0.15, 0.2) is 24.3 Å². The van der Waals surface area contributed by atoms with Crippen molar-refractivity contribution in [2.45, 2.75) is 32.2 Å². The van der Waals surface area contributed by atoms with Gasteiger partial charge in [0, 0.05) is 13.1 Å². The zero-order chi connectivity index (χ0) is 12.3. The number of hydrogen-bond donors (Lipinski definition) is 1. The standard InChI is InChI=1S/C14H19NO2.ClH/c1-2-13(14(16)17)15-9-7-11-5-3-4-6-12(11)8-10-15;/h3-6,13H,2,7-10H2,1H3,(H,16,17);1H. The van der Waals surface area contributed by atoms with Crippen LogP contribution in [0.3, 0.4) is 0 Å². The Labute approximate surface area is 114 Å². The summed E-state index contributed by atoms with van der Waals surface area (Å²) >= 11 is 0. The average Bonchev–Trinajstić information content (AvgIpc) is 2.53. The summed E-state index contributed by atoms with van der Waals surface area (Å²) in [5, 5.41) is 9.19. The molecule has 1 atom stereocenters. The monoisotopic (exact) mass is 269 g/mol. The van der Waals surface area contributed by atoms with Crippen LogP contribution in [0.1, 0.15) is 24.5 Å². The number of benzene rings is 1. The topological polar surface area (TPSA) is 40.5 Å². The van der Waals surface area contributed by atoms with Gasteiger partial charge in [0.2, 0.25) is 0 Å². The molecule has 0 aliphatic carbocycles. The van der Waals surface area contributed by atoms with Crippen LogP contribution in [-0.4, -0.2) is 35.1 Å². The van der Waals surface area contributed by atoms with Crippen molar-refractivity contribution >= 4 is 18.4 Å². The molecule has 1 aliphatic rings. The largest absolute Gasteiger partial charge is 0.480 e. The van der Waals surface area contributed by atoms with E-state index in [0.717, 1.165) is 25.9 Å². The Morgan fingerprint density at radius 3 is 2.17 bits per heavy atom. The van der Waals surface area contributed by atoms with Gasteiger partial charge in [0.1, 0.15) is 6.04 Å². The van der Waals surface area contributed by atoms with E-state index in [1.54, 1.807) is 0 Å². The van der Waals surface area contributed by atoms with E-state index in [-0.39, 0.29) is 18.4 Å². The minimum Gasteiger partial charge on any atom is -0.480 e. The molecule has 0 fully saturated rings. The predicted molar refractivity (Wildman–Crippen MR) is 74.4 cm³/mol. The second-order valence-corrected chi connectivity index (χ2v) is 4.57. The third-order valence-electron chi connectivity index (χ3n) is 3.57. The fraction of sp³-hybridized carbons (Fsp3) is 0.500. The van der Waals surface area contributed by atoms with Gasteiger partial charge in [-0.15, -0.1) is 12.4 Å². The Morgan fingerprint density at radius 2 is 1.78 bits per heavy atom. The number of nitrogens with zero attached hydrogens (tertiary/aromatic N) is 1. The van der Waals surface area contributed by atoms with E-state index in [1.165, 1.54) is 11.1 Å². The van der Waals surface area contributed by atoms with Gasteiger partial charge in [-0.1, -0.05) is 31.2 Å². The summed E-state index contributed by atoms with van der Waals surface area (Å²) in [6.07, 6.45) is 2.59. The van der Waals surface area contributed by atoms with Gasteiger partial charge in [0.15, 0.2) is 0 Å². The molecule has 1 aromatic rings. The lowest BCUT2D eigenvalue weighted by Crippen LogP contribution is -2.42. The number of rotatable bonds is 3. The maximum absolute atomic E-state index is 11.2. The lowest BCUT2D eigenvalue weighted by molar-refractivity contribution is -0.143. The fourth-order valence-electron chi connectivity index (χ4n) is 2.59. The van der Waals surface area contributed by atoms with E-state index < -0.39 is 5.97 Å². The summed E-state index contributed by atoms with van der Waals surface area (Å²) in [7, 11) is 0. The van der Waals surface area contributed by atoms with Gasteiger partial charge in [-0.3, -0.25) is 9.69 Å². The predicted octanol–water partition coefficient (Wildman–Crippen LogP) is 2.37. The number of aliphatic carboxylic acids is 1. The molecule has 100 valence electrons. The van der Waals surface area contributed by atoms with Gasteiger partial charge in [0.25, 0.3) is 0 Å². The molecule has 0 radical (unpaired) electrons. The summed E-state index contributed by atoms with van der Waals surface area (Å²) in [5.41, 5.74) is 2.74. The number of fused-ring (bicyclic) bond motifs is 1. The molecule has 1 aromatic carbocycles. The highest BCUT2D eigenvalue weighted by Gasteiger charge is 2.25. The molecule has 18 heavy (non-hydrogen) atoms. The van der Waals surface area contributed by atoms with E-state index in [0.29, 0.717) is 6.42 Å². The van der Waals surface area contributed by atoms with Crippen molar-refractivity contribution < 1.29 is 9.90 Å². The molecule has 3 nitrogen and oxygen atoms in total. The summed E-state index contributed by atoms with van der Waals surface area (Å²) in [6, 6.07) is 8.09. The van der Waals surface area contributed by atoms with Crippen molar-refractivity contribution in [2.75, 3.05) is 13.1 Å². The van der Waals surface area contributed by atoms with E-state index in [1.807, 2.05) is 6.92 Å². The van der Waals surface area contributed by atoms with E-state index >= 15 is 0 Å². The smallest absolute Gasteiger partial charge is 0.320 e. The molecule has 0 saturated heterocycles. The molecule has 2 rings (SSSR count). The van der Waals surface area contributed by atoms with Gasteiger partial charge >= 0.3 is 5.97 Å². The van der Waals surface area contributed by atoms with Crippen LogP contribution in [0.2, 0.25) is 0 Å². The Balaban J connectivity index is 0.00000162. The summed E-state index contributed by atoms with van der Waals surface area (Å²) in [5.74, 6) is -0.696. The molecule has 0 amide bonds. The number of hydrogen-bond acceptors (Lipinski definition) is 2. The molecule has 0 saturated carbocycles. The number of halogens is 1. The normalized spacial score (nSPS) is 17.2. The van der Waals surface area contributed by atoms with Crippen molar-refractivity contribution in [1.82, 2.24) is 4.90 Å². The first kappa shape index (κ1) is 15.0. The molecule has 1 N–H and O–H groups in total. The van der Waals surface area contributed by atoms with Crippen molar-refractivity contribution in [3.63, 3.8) is 0 Å². The van der Waals surface area contributed by atoms with Gasteiger partial charge in [-0.25, -0.2) is 0 Å². The van der Waals surface area contributed by atoms with Crippen LogP contribution < -0.4 is 0 Å². The lowest BCUT2D eigenvalue weighted by Gasteiger charge is -2.26. The van der Waals surface area contributed by atoms with E-state index in [2.05, 4.69) is 29.2 Å². The van der Waals surface area contributed by atoms with Gasteiger partial charge in [-0.2, -0.15) is 0 Å². The third-order valence-corrected chi connectivity index (χ3v) is 3.57. The van der Waals surface area contributed by atoms with Crippen LogP contribution in [0, 0.1) is 0 Å². The molecular formula is C14H20ClNO2. The molecule has 0 bridgehead atoms. The first-order chi connectivity index (χ1) is 8.22. The average molecular weight is 270 g/mol. The summed E-state index contributed by atoms with van der Waals surface area (Å²) < 4.78 is 0. The van der Waals surface area contributed by atoms with Gasteiger partial charge < -0.3 is 5.11 Å². The van der Waals surface area contributed by atoms with E-state index in [9.17, 15) is 9.90 Å². The zero-order valence-electron chi connectivity index (χ0n) is 10.6. The Morgan fingerprint density at radius 1 is 1.28 bits per heavy atom. The van der Waals surface area contributed by atoms with Crippen LogP contribution in [-0.2, 0) is 17.6 Å². The molecule has 1 unspecified atom stereocenters. The molecular weight excluding hydrogens is 250 g/mol. The second kappa shape index (κ2) is 6.76. The van der Waals surface area contributed by atoms with Crippen LogP contribution >= 0.6 is 12.4 Å². The van der Waals surface area contributed by atoms with Crippen molar-refractivity contribution in [2.24, 2.45) is 0 Å². The Hall–Kier alpha value is -1.06. The second-order valence-electron chi connectivity index (χ2n) is 4.57. The first-order valence-corrected chi connectivity index (χ1v) is 6.26. The summed E-state index contributed by atoms with van der Waals surface area (Å²) in [6.45, 7) is 3.64. The Kier molecular flexibility index (Phi) is 5.63. The third kappa shape index (κ3) is 3.24. The molecule has 1 aliphatic heterocycles. The zero-order valence-corrected chi connectivity index (χ0v) is 11.4. The minimum absolute atomic E-state index is 0. The SMILES string of the molecule is CCC(C(=O)O)N1CCc2ccccc2CC1.Cl. The van der Waals surface area contributed by atoms with Crippen LogP contribution in [0.5, 0.6) is 0 Å². The number of carboxylic acids is 1.